The van der Waals surface area contributed by atoms with E-state index in [0.717, 1.165) is 11.4 Å². The van der Waals surface area contributed by atoms with E-state index in [9.17, 15) is 4.79 Å². The van der Waals surface area contributed by atoms with Crippen LogP contribution in [0.4, 0.5) is 5.82 Å². The van der Waals surface area contributed by atoms with Crippen LogP contribution in [0.5, 0.6) is 0 Å². The summed E-state index contributed by atoms with van der Waals surface area (Å²) >= 11 is 13.6. The van der Waals surface area contributed by atoms with Gasteiger partial charge in [-0.15, -0.1) is 10.2 Å². The van der Waals surface area contributed by atoms with Crippen molar-refractivity contribution in [3.63, 3.8) is 0 Å². The van der Waals surface area contributed by atoms with Crippen molar-refractivity contribution in [1.29, 1.82) is 0 Å². The summed E-state index contributed by atoms with van der Waals surface area (Å²) in [5, 5.41) is 12.9. The van der Waals surface area contributed by atoms with E-state index in [0.29, 0.717) is 33.1 Å². The minimum Gasteiger partial charge on any atom is -0.309 e. The zero-order valence-corrected chi connectivity index (χ0v) is 20.1. The summed E-state index contributed by atoms with van der Waals surface area (Å²) < 4.78 is 2.05. The van der Waals surface area contributed by atoms with Crippen molar-refractivity contribution >= 4 is 46.7 Å². The lowest BCUT2D eigenvalue weighted by Crippen LogP contribution is -2.21. The second-order valence-electron chi connectivity index (χ2n) is 7.28. The van der Waals surface area contributed by atoms with Crippen LogP contribution in [-0.2, 0) is 11.3 Å². The summed E-state index contributed by atoms with van der Waals surface area (Å²) in [6, 6.07) is 10.2. The fourth-order valence-corrected chi connectivity index (χ4v) is 3.94. The molecule has 1 aromatic carbocycles. The Balaban J connectivity index is 1.76. The Morgan fingerprint density at radius 1 is 1.23 bits per heavy atom. The molecule has 0 aliphatic heterocycles. The lowest BCUT2D eigenvalue weighted by Gasteiger charge is -2.20. The van der Waals surface area contributed by atoms with E-state index < -0.39 is 0 Å². The molecule has 7 nitrogen and oxygen atoms in total. The van der Waals surface area contributed by atoms with Gasteiger partial charge in [0.25, 0.3) is 0 Å². The van der Waals surface area contributed by atoms with Gasteiger partial charge in [0, 0.05) is 6.20 Å². The van der Waals surface area contributed by atoms with Gasteiger partial charge < -0.3 is 9.88 Å². The predicted octanol–water partition coefficient (Wildman–Crippen LogP) is 4.69. The summed E-state index contributed by atoms with van der Waals surface area (Å²) in [7, 11) is 3.99. The minimum absolute atomic E-state index is 0.0689. The zero-order chi connectivity index (χ0) is 22.5. The van der Waals surface area contributed by atoms with Gasteiger partial charge in [-0.05, 0) is 39.1 Å². The molecule has 0 spiro atoms. The lowest BCUT2D eigenvalue weighted by atomic mass is 10.2. The molecule has 31 heavy (non-hydrogen) atoms. The molecule has 2 aromatic heterocycles. The molecule has 10 heteroatoms. The minimum atomic E-state index is -0.238. The van der Waals surface area contributed by atoms with Crippen molar-refractivity contribution in [3.8, 4) is 0 Å². The molecule has 0 aliphatic carbocycles. The van der Waals surface area contributed by atoms with Crippen molar-refractivity contribution in [2.45, 2.75) is 31.6 Å². The SMILES string of the molecule is Cc1c(Cl)cnc(NC(=O)CSc2nnc(C(C)N(C)C)n2Cc2ccccc2)c1Cl. The van der Waals surface area contributed by atoms with Crippen LogP contribution in [-0.4, -0.2) is 50.4 Å². The standard InChI is InChI=1S/C21H24Cl2N6OS/c1-13-16(22)10-24-19(18(13)23)25-17(30)12-31-21-27-26-20(14(2)28(3)4)29(21)11-15-8-6-5-7-9-15/h5-10,14H,11-12H2,1-4H3,(H,24,25,30). The molecular formula is C21H24Cl2N6OS. The maximum absolute atomic E-state index is 12.5. The quantitative estimate of drug-likeness (QED) is 0.473. The van der Waals surface area contributed by atoms with Crippen LogP contribution < -0.4 is 5.32 Å². The maximum atomic E-state index is 12.5. The highest BCUT2D eigenvalue weighted by Crippen LogP contribution is 2.29. The molecule has 0 aliphatic rings. The van der Waals surface area contributed by atoms with Gasteiger partial charge in [-0.2, -0.15) is 0 Å². The molecule has 3 aromatic rings. The number of rotatable bonds is 8. The number of hydrogen-bond acceptors (Lipinski definition) is 6. The molecule has 1 atom stereocenters. The Morgan fingerprint density at radius 2 is 1.94 bits per heavy atom. The van der Waals surface area contributed by atoms with E-state index >= 15 is 0 Å². The largest absolute Gasteiger partial charge is 0.309 e. The Kier molecular flexibility index (Phi) is 7.94. The Morgan fingerprint density at radius 3 is 2.61 bits per heavy atom. The van der Waals surface area contributed by atoms with Gasteiger partial charge in [0.2, 0.25) is 5.91 Å². The van der Waals surface area contributed by atoms with Crippen molar-refractivity contribution in [3.05, 3.63) is 63.5 Å². The van der Waals surface area contributed by atoms with E-state index in [1.54, 1.807) is 6.92 Å². The Labute approximate surface area is 196 Å². The molecular weight excluding hydrogens is 455 g/mol. The van der Waals surface area contributed by atoms with E-state index in [1.165, 1.54) is 18.0 Å². The molecule has 0 fully saturated rings. The monoisotopic (exact) mass is 478 g/mol. The number of amides is 1. The van der Waals surface area contributed by atoms with Crippen molar-refractivity contribution < 1.29 is 4.79 Å². The second kappa shape index (κ2) is 10.5. The van der Waals surface area contributed by atoms with E-state index in [1.807, 2.05) is 32.3 Å². The fourth-order valence-electron chi connectivity index (χ4n) is 2.80. The summed E-state index contributed by atoms with van der Waals surface area (Å²) in [5.41, 5.74) is 1.81. The van der Waals surface area contributed by atoms with Crippen LogP contribution in [0.25, 0.3) is 0 Å². The topological polar surface area (TPSA) is 75.9 Å². The first-order valence-corrected chi connectivity index (χ1v) is 11.4. The number of carbonyl (C=O) groups excluding carboxylic acids is 1. The Hall–Kier alpha value is -2.13. The van der Waals surface area contributed by atoms with Gasteiger partial charge >= 0.3 is 0 Å². The maximum Gasteiger partial charge on any atom is 0.236 e. The predicted molar refractivity (Wildman–Crippen MR) is 126 cm³/mol. The average molecular weight is 479 g/mol. The van der Waals surface area contributed by atoms with E-state index in [4.69, 9.17) is 23.2 Å². The highest BCUT2D eigenvalue weighted by molar-refractivity contribution is 7.99. The first-order valence-electron chi connectivity index (χ1n) is 9.64. The molecule has 3 rings (SSSR count). The van der Waals surface area contributed by atoms with Crippen LogP contribution in [0.15, 0.2) is 41.7 Å². The summed E-state index contributed by atoms with van der Waals surface area (Å²) in [6.07, 6.45) is 1.47. The second-order valence-corrected chi connectivity index (χ2v) is 9.01. The third kappa shape index (κ3) is 5.77. The van der Waals surface area contributed by atoms with Gasteiger partial charge in [-0.25, -0.2) is 4.98 Å². The average Bonchev–Trinajstić information content (AvgIpc) is 3.15. The molecule has 2 heterocycles. The van der Waals surface area contributed by atoms with Crippen LogP contribution >= 0.6 is 35.0 Å². The summed E-state index contributed by atoms with van der Waals surface area (Å²) in [5.74, 6) is 1.04. The van der Waals surface area contributed by atoms with Crippen molar-refractivity contribution in [2.24, 2.45) is 0 Å². The first kappa shape index (κ1) is 23.5. The molecule has 1 amide bonds. The van der Waals surface area contributed by atoms with Crippen LogP contribution in [0.3, 0.4) is 0 Å². The fraction of sp³-hybridized carbons (Fsp3) is 0.333. The third-order valence-electron chi connectivity index (χ3n) is 4.87. The van der Waals surface area contributed by atoms with Crippen molar-refractivity contribution in [2.75, 3.05) is 25.2 Å². The highest BCUT2D eigenvalue weighted by Gasteiger charge is 2.21. The number of aromatic nitrogens is 4. The molecule has 1 unspecified atom stereocenters. The number of thioether (sulfide) groups is 1. The number of anilines is 1. The van der Waals surface area contributed by atoms with Gasteiger partial charge in [0.1, 0.15) is 0 Å². The third-order valence-corrected chi connectivity index (χ3v) is 6.68. The van der Waals surface area contributed by atoms with Gasteiger partial charge in [0.05, 0.1) is 28.4 Å². The van der Waals surface area contributed by atoms with Gasteiger partial charge in [-0.1, -0.05) is 65.3 Å². The van der Waals surface area contributed by atoms with Gasteiger partial charge in [-0.3, -0.25) is 9.69 Å². The summed E-state index contributed by atoms with van der Waals surface area (Å²) in [4.78, 5) is 18.7. The first-order chi connectivity index (χ1) is 14.8. The molecule has 0 saturated carbocycles. The number of pyridine rings is 1. The van der Waals surface area contributed by atoms with Crippen LogP contribution in [0.2, 0.25) is 10.0 Å². The summed E-state index contributed by atoms with van der Waals surface area (Å²) in [6.45, 7) is 4.47. The van der Waals surface area contributed by atoms with Gasteiger partial charge in [0.15, 0.2) is 16.8 Å². The number of nitrogens with zero attached hydrogens (tertiary/aromatic N) is 5. The van der Waals surface area contributed by atoms with E-state index in [-0.39, 0.29) is 17.7 Å². The number of halogens is 2. The lowest BCUT2D eigenvalue weighted by molar-refractivity contribution is -0.113. The molecule has 1 N–H and O–H groups in total. The molecule has 0 radical (unpaired) electrons. The van der Waals surface area contributed by atoms with E-state index in [2.05, 4.69) is 49.0 Å². The number of benzene rings is 1. The number of nitrogens with one attached hydrogen (secondary N) is 1. The molecule has 0 bridgehead atoms. The molecule has 164 valence electrons. The zero-order valence-electron chi connectivity index (χ0n) is 17.8. The van der Waals surface area contributed by atoms with Crippen molar-refractivity contribution in [1.82, 2.24) is 24.6 Å². The smallest absolute Gasteiger partial charge is 0.236 e. The number of carbonyl (C=O) groups is 1. The molecule has 0 saturated heterocycles. The Bertz CT molecular complexity index is 1060. The van der Waals surface area contributed by atoms with Crippen LogP contribution in [0.1, 0.15) is 29.9 Å². The van der Waals surface area contributed by atoms with Crippen LogP contribution in [0, 0.1) is 6.92 Å². The number of hydrogen-bond donors (Lipinski definition) is 1. The normalized spacial score (nSPS) is 12.2. The highest BCUT2D eigenvalue weighted by atomic mass is 35.5.